The summed E-state index contributed by atoms with van der Waals surface area (Å²) in [6, 6.07) is 0.0840. The lowest BCUT2D eigenvalue weighted by molar-refractivity contribution is 0.0337. The van der Waals surface area contributed by atoms with Crippen molar-refractivity contribution < 1.29 is 13.2 Å². The molecule has 23 heavy (non-hydrogen) atoms. The number of nitrogens with one attached hydrogen (secondary N) is 2. The van der Waals surface area contributed by atoms with Gasteiger partial charge >= 0.3 is 0 Å². The van der Waals surface area contributed by atoms with Gasteiger partial charge in [0.2, 0.25) is 0 Å². The van der Waals surface area contributed by atoms with Crippen LogP contribution in [0.5, 0.6) is 0 Å². The largest absolute Gasteiger partial charge is 0.379 e. The van der Waals surface area contributed by atoms with Crippen LogP contribution >= 0.6 is 11.3 Å². The molecule has 0 spiro atoms. The van der Waals surface area contributed by atoms with Gasteiger partial charge in [-0.1, -0.05) is 12.8 Å². The summed E-state index contributed by atoms with van der Waals surface area (Å²) in [5, 5.41) is 2.80. The molecular weight excluding hydrogens is 336 g/mol. The molecule has 9 heteroatoms. The maximum absolute atomic E-state index is 12.0. The van der Waals surface area contributed by atoms with Crippen LogP contribution in [-0.2, 0) is 28.0 Å². The number of ether oxygens (including phenoxy) is 1. The van der Waals surface area contributed by atoms with Crippen molar-refractivity contribution in [3.63, 3.8) is 0 Å². The van der Waals surface area contributed by atoms with E-state index < -0.39 is 10.2 Å². The summed E-state index contributed by atoms with van der Waals surface area (Å²) < 4.78 is 34.7. The Bertz CT molecular complexity index is 593. The van der Waals surface area contributed by atoms with E-state index in [1.165, 1.54) is 11.3 Å². The minimum Gasteiger partial charge on any atom is -0.379 e. The van der Waals surface area contributed by atoms with Gasteiger partial charge in [0.25, 0.3) is 10.2 Å². The van der Waals surface area contributed by atoms with Crippen LogP contribution in [0.25, 0.3) is 0 Å². The van der Waals surface area contributed by atoms with Crippen molar-refractivity contribution in [2.24, 2.45) is 0 Å². The summed E-state index contributed by atoms with van der Waals surface area (Å²) in [6.45, 7) is 4.42. The predicted molar refractivity (Wildman–Crippen MR) is 89.4 cm³/mol. The van der Waals surface area contributed by atoms with E-state index in [0.29, 0.717) is 0 Å². The van der Waals surface area contributed by atoms with E-state index >= 15 is 0 Å². The Hall–Kier alpha value is -0.580. The Balaban J connectivity index is 1.46. The number of aromatic nitrogens is 1. The molecule has 2 fully saturated rings. The summed E-state index contributed by atoms with van der Waals surface area (Å²) in [7, 11) is -3.44. The molecule has 2 N–H and O–H groups in total. The second kappa shape index (κ2) is 8.00. The van der Waals surface area contributed by atoms with Crippen LogP contribution in [-0.4, -0.2) is 50.6 Å². The predicted octanol–water partition coefficient (Wildman–Crippen LogP) is 0.842. The molecule has 0 aromatic carbocycles. The molecule has 2 aliphatic rings. The third-order valence-electron chi connectivity index (χ3n) is 4.18. The quantitative estimate of drug-likeness (QED) is 0.753. The topological polar surface area (TPSA) is 83.6 Å². The van der Waals surface area contributed by atoms with E-state index in [1.54, 1.807) is 0 Å². The van der Waals surface area contributed by atoms with E-state index in [2.05, 4.69) is 19.3 Å². The molecule has 1 aliphatic carbocycles. The van der Waals surface area contributed by atoms with Gasteiger partial charge in [-0.2, -0.15) is 17.9 Å². The van der Waals surface area contributed by atoms with Crippen LogP contribution < -0.4 is 9.44 Å². The first-order valence-corrected chi connectivity index (χ1v) is 10.5. The third-order valence-corrected chi connectivity index (χ3v) is 6.24. The molecular formula is C14H24N4O3S2. The van der Waals surface area contributed by atoms with Gasteiger partial charge in [0.15, 0.2) is 0 Å². The number of thiazole rings is 1. The number of rotatable bonds is 7. The highest BCUT2D eigenvalue weighted by Gasteiger charge is 2.21. The Morgan fingerprint density at radius 1 is 1.30 bits per heavy atom. The van der Waals surface area contributed by atoms with Gasteiger partial charge in [-0.25, -0.2) is 4.98 Å². The number of hydrogen-bond acceptors (Lipinski definition) is 6. The van der Waals surface area contributed by atoms with Crippen molar-refractivity contribution in [1.82, 2.24) is 19.3 Å². The highest BCUT2D eigenvalue weighted by molar-refractivity contribution is 7.87. The van der Waals surface area contributed by atoms with Gasteiger partial charge in [0, 0.05) is 31.1 Å². The second-order valence-corrected chi connectivity index (χ2v) is 8.52. The molecule has 3 rings (SSSR count). The van der Waals surface area contributed by atoms with E-state index in [1.807, 2.05) is 5.38 Å². The van der Waals surface area contributed by atoms with Crippen LogP contribution in [0.4, 0.5) is 0 Å². The molecule has 1 aliphatic heterocycles. The molecule has 1 saturated heterocycles. The van der Waals surface area contributed by atoms with Gasteiger partial charge in [-0.15, -0.1) is 11.3 Å². The zero-order valence-corrected chi connectivity index (χ0v) is 14.8. The Labute approximate surface area is 141 Å². The number of nitrogens with zero attached hydrogens (tertiary/aromatic N) is 2. The Kier molecular flexibility index (Phi) is 6.00. The van der Waals surface area contributed by atoms with Crippen LogP contribution in [0.3, 0.4) is 0 Å². The first-order valence-electron chi connectivity index (χ1n) is 8.11. The lowest BCUT2D eigenvalue weighted by Gasteiger charge is -2.25. The van der Waals surface area contributed by atoms with Crippen molar-refractivity contribution in [2.75, 3.05) is 26.3 Å². The Morgan fingerprint density at radius 3 is 2.78 bits per heavy atom. The van der Waals surface area contributed by atoms with Crippen LogP contribution in [0.1, 0.15) is 36.4 Å². The van der Waals surface area contributed by atoms with E-state index in [-0.39, 0.29) is 12.6 Å². The molecule has 1 aromatic heterocycles. The van der Waals surface area contributed by atoms with E-state index in [4.69, 9.17) is 4.74 Å². The van der Waals surface area contributed by atoms with Crippen molar-refractivity contribution in [3.05, 3.63) is 16.1 Å². The average molecular weight is 361 g/mol. The standard InChI is InChI=1S/C14H24N4O3S2/c19-23(20,17-12-3-1-2-4-12)15-9-14-16-13(11-22-14)10-18-5-7-21-8-6-18/h11-12,15,17H,1-10H2. The SMILES string of the molecule is O=S(=O)(NCc1nc(CN2CCOCC2)cs1)NC1CCCC1. The summed E-state index contributed by atoms with van der Waals surface area (Å²) in [5.41, 5.74) is 0.995. The molecule has 2 heterocycles. The van der Waals surface area contributed by atoms with Crippen molar-refractivity contribution in [3.8, 4) is 0 Å². The van der Waals surface area contributed by atoms with E-state index in [9.17, 15) is 8.42 Å². The smallest absolute Gasteiger partial charge is 0.277 e. The lowest BCUT2D eigenvalue weighted by Crippen LogP contribution is -2.41. The molecule has 0 radical (unpaired) electrons. The first-order chi connectivity index (χ1) is 11.1. The highest BCUT2D eigenvalue weighted by atomic mass is 32.2. The summed E-state index contributed by atoms with van der Waals surface area (Å²) in [6.07, 6.45) is 4.07. The number of morpholine rings is 1. The van der Waals surface area contributed by atoms with Gasteiger partial charge in [-0.3, -0.25) is 4.90 Å². The van der Waals surface area contributed by atoms with Crippen LogP contribution in [0.15, 0.2) is 5.38 Å². The fourth-order valence-corrected chi connectivity index (χ4v) is 4.85. The maximum atomic E-state index is 12.0. The second-order valence-electron chi connectivity index (χ2n) is 6.04. The summed E-state index contributed by atoms with van der Waals surface area (Å²) in [4.78, 5) is 6.82. The summed E-state index contributed by atoms with van der Waals surface area (Å²) in [5.74, 6) is 0. The Morgan fingerprint density at radius 2 is 2.04 bits per heavy atom. The molecule has 1 saturated carbocycles. The van der Waals surface area contributed by atoms with Gasteiger partial charge < -0.3 is 4.74 Å². The van der Waals surface area contributed by atoms with Crippen LogP contribution in [0, 0.1) is 0 Å². The van der Waals surface area contributed by atoms with Crippen molar-refractivity contribution >= 4 is 21.5 Å². The molecule has 0 amide bonds. The molecule has 0 bridgehead atoms. The van der Waals surface area contributed by atoms with Gasteiger partial charge in [0.05, 0.1) is 25.5 Å². The minimum atomic E-state index is -3.44. The highest BCUT2D eigenvalue weighted by Crippen LogP contribution is 2.18. The van der Waals surface area contributed by atoms with Crippen molar-refractivity contribution in [1.29, 1.82) is 0 Å². The number of hydrogen-bond donors (Lipinski definition) is 2. The van der Waals surface area contributed by atoms with Gasteiger partial charge in [-0.05, 0) is 12.8 Å². The summed E-state index contributed by atoms with van der Waals surface area (Å²) >= 11 is 1.50. The fraction of sp³-hybridized carbons (Fsp3) is 0.786. The zero-order valence-electron chi connectivity index (χ0n) is 13.2. The average Bonchev–Trinajstić information content (AvgIpc) is 3.18. The zero-order chi connectivity index (χ0) is 16.1. The molecule has 7 nitrogen and oxygen atoms in total. The lowest BCUT2D eigenvalue weighted by atomic mass is 10.3. The fourth-order valence-electron chi connectivity index (χ4n) is 2.95. The molecule has 1 aromatic rings. The maximum Gasteiger partial charge on any atom is 0.277 e. The third kappa shape index (κ3) is 5.47. The normalized spacial score (nSPS) is 21.0. The van der Waals surface area contributed by atoms with Crippen molar-refractivity contribution in [2.45, 2.75) is 44.8 Å². The van der Waals surface area contributed by atoms with E-state index in [0.717, 1.165) is 69.2 Å². The molecule has 0 unspecified atom stereocenters. The minimum absolute atomic E-state index is 0.0840. The molecule has 130 valence electrons. The van der Waals surface area contributed by atoms with Gasteiger partial charge in [0.1, 0.15) is 5.01 Å². The monoisotopic (exact) mass is 360 g/mol. The van der Waals surface area contributed by atoms with Crippen LogP contribution in [0.2, 0.25) is 0 Å². The molecule has 0 atom stereocenters. The first kappa shape index (κ1) is 17.2.